The number of thioether (sulfide) groups is 1. The number of hydrogen-bond donors (Lipinski definition) is 1. The predicted molar refractivity (Wildman–Crippen MR) is 105 cm³/mol. The number of anilines is 1. The summed E-state index contributed by atoms with van der Waals surface area (Å²) in [6.45, 7) is 1.74. The zero-order valence-corrected chi connectivity index (χ0v) is 16.9. The number of aromatic nitrogens is 5. The van der Waals surface area contributed by atoms with Crippen LogP contribution in [0.15, 0.2) is 41.7 Å². The first-order valence-corrected chi connectivity index (χ1v) is 9.38. The summed E-state index contributed by atoms with van der Waals surface area (Å²) in [6.07, 6.45) is 1.55. The molecule has 1 unspecified atom stereocenters. The van der Waals surface area contributed by atoms with E-state index >= 15 is 0 Å². The number of rotatable bonds is 7. The van der Waals surface area contributed by atoms with Crippen LogP contribution in [0.3, 0.4) is 0 Å². The first kappa shape index (κ1) is 19.9. The molecule has 2 aromatic heterocycles. The van der Waals surface area contributed by atoms with Crippen LogP contribution >= 0.6 is 23.4 Å². The van der Waals surface area contributed by atoms with Gasteiger partial charge in [0.25, 0.3) is 0 Å². The molecule has 0 spiro atoms. The highest BCUT2D eigenvalue weighted by molar-refractivity contribution is 8.00. The molecule has 1 amide bonds. The van der Waals surface area contributed by atoms with Crippen molar-refractivity contribution in [2.24, 2.45) is 0 Å². The second-order valence-electron chi connectivity index (χ2n) is 5.50. The van der Waals surface area contributed by atoms with E-state index in [0.29, 0.717) is 28.0 Å². The third-order valence-corrected chi connectivity index (χ3v) is 5.06. The monoisotopic (exact) mass is 420 g/mol. The summed E-state index contributed by atoms with van der Waals surface area (Å²) < 4.78 is 12.1. The summed E-state index contributed by atoms with van der Waals surface area (Å²) in [5.74, 6) is 0.931. The number of amides is 1. The van der Waals surface area contributed by atoms with Crippen molar-refractivity contribution in [1.29, 1.82) is 0 Å². The van der Waals surface area contributed by atoms with Crippen molar-refractivity contribution in [2.75, 3.05) is 19.5 Å². The minimum atomic E-state index is -0.502. The molecule has 146 valence electrons. The number of carbonyl (C=O) groups is 1. The molecule has 0 aliphatic heterocycles. The van der Waals surface area contributed by atoms with Crippen LogP contribution in [0, 0.1) is 0 Å². The standard InChI is InChI=1S/C17H17ClN6O3S/c1-10(16(25)20-12-5-4-8-19-15(12)18)28-17-21-22-23-24(17)13-9-11(26-2)6-7-14(13)27-3/h4-10H,1-3H3,(H,20,25). The van der Waals surface area contributed by atoms with E-state index in [1.165, 1.54) is 16.4 Å². The molecule has 0 saturated carbocycles. The van der Waals surface area contributed by atoms with Crippen LogP contribution in [0.5, 0.6) is 11.5 Å². The van der Waals surface area contributed by atoms with Crippen LogP contribution in [-0.4, -0.2) is 50.6 Å². The van der Waals surface area contributed by atoms with Gasteiger partial charge in [-0.3, -0.25) is 4.79 Å². The van der Waals surface area contributed by atoms with Crippen LogP contribution in [0.2, 0.25) is 5.15 Å². The van der Waals surface area contributed by atoms with E-state index in [1.807, 2.05) is 0 Å². The Morgan fingerprint density at radius 3 is 2.82 bits per heavy atom. The number of ether oxygens (including phenoxy) is 2. The average molecular weight is 421 g/mol. The van der Waals surface area contributed by atoms with Crippen LogP contribution in [-0.2, 0) is 4.79 Å². The number of pyridine rings is 1. The number of nitrogens with zero attached hydrogens (tertiary/aromatic N) is 5. The quantitative estimate of drug-likeness (QED) is 0.459. The molecule has 0 saturated heterocycles. The molecule has 0 radical (unpaired) electrons. The molecule has 1 aromatic carbocycles. The lowest BCUT2D eigenvalue weighted by Crippen LogP contribution is -2.23. The van der Waals surface area contributed by atoms with E-state index in [2.05, 4.69) is 25.8 Å². The fourth-order valence-corrected chi connectivity index (χ4v) is 3.26. The third kappa shape index (κ3) is 4.34. The number of tetrazole rings is 1. The molecule has 0 aliphatic rings. The highest BCUT2D eigenvalue weighted by atomic mass is 35.5. The summed E-state index contributed by atoms with van der Waals surface area (Å²) in [5.41, 5.74) is 1.04. The zero-order chi connectivity index (χ0) is 20.1. The second kappa shape index (κ2) is 8.89. The van der Waals surface area contributed by atoms with Crippen molar-refractivity contribution in [1.82, 2.24) is 25.2 Å². The molecule has 28 heavy (non-hydrogen) atoms. The predicted octanol–water partition coefficient (Wildman–Crippen LogP) is 2.85. The van der Waals surface area contributed by atoms with E-state index in [9.17, 15) is 4.79 Å². The van der Waals surface area contributed by atoms with Crippen LogP contribution in [0.1, 0.15) is 6.92 Å². The van der Waals surface area contributed by atoms with Gasteiger partial charge in [-0.15, -0.1) is 5.10 Å². The molecule has 3 aromatic rings. The molecule has 11 heteroatoms. The number of hydrogen-bond acceptors (Lipinski definition) is 8. The summed E-state index contributed by atoms with van der Waals surface area (Å²) in [5, 5.41) is 14.6. The van der Waals surface area contributed by atoms with Gasteiger partial charge in [-0.2, -0.15) is 4.68 Å². The molecule has 1 N–H and O–H groups in total. The van der Waals surface area contributed by atoms with Crippen molar-refractivity contribution >= 4 is 35.0 Å². The largest absolute Gasteiger partial charge is 0.497 e. The third-order valence-electron chi connectivity index (χ3n) is 3.72. The molecule has 9 nitrogen and oxygen atoms in total. The van der Waals surface area contributed by atoms with Crippen LogP contribution < -0.4 is 14.8 Å². The Morgan fingerprint density at radius 1 is 1.29 bits per heavy atom. The van der Waals surface area contributed by atoms with Gasteiger partial charge in [-0.1, -0.05) is 23.4 Å². The molecular weight excluding hydrogens is 404 g/mol. The smallest absolute Gasteiger partial charge is 0.237 e. The highest BCUT2D eigenvalue weighted by Gasteiger charge is 2.21. The number of halogens is 1. The second-order valence-corrected chi connectivity index (χ2v) is 7.17. The van der Waals surface area contributed by atoms with E-state index < -0.39 is 5.25 Å². The maximum absolute atomic E-state index is 12.5. The summed E-state index contributed by atoms with van der Waals surface area (Å²) in [6, 6.07) is 8.64. The van der Waals surface area contributed by atoms with E-state index in [-0.39, 0.29) is 11.1 Å². The molecule has 0 aliphatic carbocycles. The van der Waals surface area contributed by atoms with Gasteiger partial charge in [-0.05, 0) is 41.6 Å². The Hall–Kier alpha value is -2.85. The van der Waals surface area contributed by atoms with Gasteiger partial charge in [0.2, 0.25) is 11.1 Å². The van der Waals surface area contributed by atoms with Gasteiger partial charge in [0.1, 0.15) is 17.2 Å². The summed E-state index contributed by atoms with van der Waals surface area (Å²) >= 11 is 7.18. The van der Waals surface area contributed by atoms with Gasteiger partial charge < -0.3 is 14.8 Å². The summed E-state index contributed by atoms with van der Waals surface area (Å²) in [4.78, 5) is 16.5. The average Bonchev–Trinajstić information content (AvgIpc) is 3.17. The van der Waals surface area contributed by atoms with E-state index in [4.69, 9.17) is 21.1 Å². The van der Waals surface area contributed by atoms with E-state index in [0.717, 1.165) is 0 Å². The minimum Gasteiger partial charge on any atom is -0.497 e. The lowest BCUT2D eigenvalue weighted by Gasteiger charge is -2.14. The molecule has 0 fully saturated rings. The molecule has 2 heterocycles. The fourth-order valence-electron chi connectivity index (χ4n) is 2.29. The number of carbonyl (C=O) groups excluding carboxylic acids is 1. The van der Waals surface area contributed by atoms with Crippen molar-refractivity contribution in [2.45, 2.75) is 17.3 Å². The topological polar surface area (TPSA) is 104 Å². The zero-order valence-electron chi connectivity index (χ0n) is 15.3. The molecular formula is C17H17ClN6O3S. The molecule has 1 atom stereocenters. The molecule has 0 bridgehead atoms. The van der Waals surface area contributed by atoms with Crippen molar-refractivity contribution in [3.63, 3.8) is 0 Å². The van der Waals surface area contributed by atoms with Crippen molar-refractivity contribution in [3.05, 3.63) is 41.7 Å². The van der Waals surface area contributed by atoms with Gasteiger partial charge >= 0.3 is 0 Å². The normalized spacial score (nSPS) is 11.7. The van der Waals surface area contributed by atoms with Gasteiger partial charge in [0.15, 0.2) is 5.15 Å². The lowest BCUT2D eigenvalue weighted by atomic mass is 10.3. The Morgan fingerprint density at radius 2 is 2.11 bits per heavy atom. The van der Waals surface area contributed by atoms with Crippen LogP contribution in [0.25, 0.3) is 5.69 Å². The Bertz CT molecular complexity index is 983. The first-order chi connectivity index (χ1) is 13.5. The Labute approximate surface area is 170 Å². The molecule has 3 rings (SSSR count). The minimum absolute atomic E-state index is 0.221. The maximum Gasteiger partial charge on any atom is 0.237 e. The Balaban J connectivity index is 1.81. The van der Waals surface area contributed by atoms with E-state index in [1.54, 1.807) is 57.7 Å². The summed E-state index contributed by atoms with van der Waals surface area (Å²) in [7, 11) is 3.12. The number of nitrogens with one attached hydrogen (secondary N) is 1. The van der Waals surface area contributed by atoms with Gasteiger partial charge in [0, 0.05) is 12.3 Å². The Kier molecular flexibility index (Phi) is 6.32. The number of methoxy groups -OCH3 is 2. The van der Waals surface area contributed by atoms with Crippen molar-refractivity contribution in [3.8, 4) is 17.2 Å². The fraction of sp³-hybridized carbons (Fsp3) is 0.235. The lowest BCUT2D eigenvalue weighted by molar-refractivity contribution is -0.115. The van der Waals surface area contributed by atoms with Gasteiger partial charge in [0.05, 0.1) is 25.2 Å². The highest BCUT2D eigenvalue weighted by Crippen LogP contribution is 2.31. The number of benzene rings is 1. The SMILES string of the molecule is COc1ccc(OC)c(-n2nnnc2SC(C)C(=O)Nc2cccnc2Cl)c1. The maximum atomic E-state index is 12.5. The van der Waals surface area contributed by atoms with Crippen molar-refractivity contribution < 1.29 is 14.3 Å². The van der Waals surface area contributed by atoms with Gasteiger partial charge in [-0.25, -0.2) is 4.98 Å². The first-order valence-electron chi connectivity index (χ1n) is 8.12. The van der Waals surface area contributed by atoms with Crippen LogP contribution in [0.4, 0.5) is 5.69 Å².